The molecule has 1 atom stereocenters. The van der Waals surface area contributed by atoms with Crippen LogP contribution in [0.3, 0.4) is 0 Å². The lowest BCUT2D eigenvalue weighted by molar-refractivity contribution is -0.114. The molecule has 0 spiro atoms. The minimum absolute atomic E-state index is 0.00425. The van der Waals surface area contributed by atoms with E-state index in [0.717, 1.165) is 5.56 Å². The van der Waals surface area contributed by atoms with Gasteiger partial charge in [0.15, 0.2) is 17.3 Å². The first-order chi connectivity index (χ1) is 12.0. The van der Waals surface area contributed by atoms with E-state index in [0.29, 0.717) is 35.6 Å². The summed E-state index contributed by atoms with van der Waals surface area (Å²) in [5, 5.41) is 2.55. The van der Waals surface area contributed by atoms with E-state index in [4.69, 9.17) is 9.47 Å². The summed E-state index contributed by atoms with van der Waals surface area (Å²) in [6.07, 6.45) is 2.46. The maximum Gasteiger partial charge on any atom is 0.229 e. The summed E-state index contributed by atoms with van der Waals surface area (Å²) in [5.41, 5.74) is 2.15. The van der Waals surface area contributed by atoms with Crippen LogP contribution in [0.25, 0.3) is 0 Å². The monoisotopic (exact) mass is 341 g/mol. The van der Waals surface area contributed by atoms with E-state index in [1.54, 1.807) is 14.2 Å². The van der Waals surface area contributed by atoms with E-state index in [2.05, 4.69) is 15.3 Å². The first kappa shape index (κ1) is 16.9. The van der Waals surface area contributed by atoms with Crippen LogP contribution in [-0.4, -0.2) is 35.9 Å². The highest BCUT2D eigenvalue weighted by Gasteiger charge is 2.28. The third kappa shape index (κ3) is 3.45. The summed E-state index contributed by atoms with van der Waals surface area (Å²) in [4.78, 5) is 32.0. The lowest BCUT2D eigenvalue weighted by Gasteiger charge is -2.24. The molecule has 130 valence electrons. The van der Waals surface area contributed by atoms with E-state index in [-0.39, 0.29) is 23.6 Å². The number of aromatic nitrogens is 2. The van der Waals surface area contributed by atoms with Gasteiger partial charge in [-0.3, -0.25) is 14.9 Å². The van der Waals surface area contributed by atoms with Gasteiger partial charge in [0, 0.05) is 19.5 Å². The van der Waals surface area contributed by atoms with Crippen LogP contribution in [0, 0.1) is 0 Å². The minimum Gasteiger partial charge on any atom is -0.493 e. The average Bonchev–Trinajstić information content (AvgIpc) is 2.60. The van der Waals surface area contributed by atoms with Crippen molar-refractivity contribution in [2.24, 2.45) is 0 Å². The predicted molar refractivity (Wildman–Crippen MR) is 91.3 cm³/mol. The second-order valence-corrected chi connectivity index (χ2v) is 5.88. The summed E-state index contributed by atoms with van der Waals surface area (Å²) in [6, 6.07) is 5.65. The molecule has 7 heteroatoms. The van der Waals surface area contributed by atoms with Crippen molar-refractivity contribution in [2.45, 2.75) is 25.7 Å². The fraction of sp³-hybridized carbons (Fsp3) is 0.333. The highest BCUT2D eigenvalue weighted by atomic mass is 16.5. The van der Waals surface area contributed by atoms with E-state index < -0.39 is 0 Å². The Balaban J connectivity index is 1.92. The van der Waals surface area contributed by atoms with E-state index >= 15 is 0 Å². The first-order valence-electron chi connectivity index (χ1n) is 7.90. The molecule has 0 unspecified atom stereocenters. The lowest BCUT2D eigenvalue weighted by Crippen LogP contribution is -2.22. The van der Waals surface area contributed by atoms with Crippen molar-refractivity contribution in [3.05, 3.63) is 41.2 Å². The molecular formula is C18H19N3O4. The van der Waals surface area contributed by atoms with Gasteiger partial charge in [-0.1, -0.05) is 6.07 Å². The number of anilines is 1. The van der Waals surface area contributed by atoms with Gasteiger partial charge in [0.25, 0.3) is 0 Å². The van der Waals surface area contributed by atoms with Crippen molar-refractivity contribution in [1.29, 1.82) is 0 Å². The predicted octanol–water partition coefficient (Wildman–Crippen LogP) is 2.36. The number of Topliss-reactive ketones (excluding diaryl/α,β-unsaturated/α-hetero) is 1. The van der Waals surface area contributed by atoms with E-state index in [9.17, 15) is 9.59 Å². The van der Waals surface area contributed by atoms with Gasteiger partial charge in [-0.25, -0.2) is 9.97 Å². The maximum absolute atomic E-state index is 12.5. The molecule has 1 heterocycles. The Morgan fingerprint density at radius 1 is 1.20 bits per heavy atom. The molecule has 1 N–H and O–H groups in total. The number of hydrogen-bond donors (Lipinski definition) is 1. The molecule has 0 fully saturated rings. The topological polar surface area (TPSA) is 90.4 Å². The molecule has 1 amide bonds. The number of carbonyl (C=O) groups is 2. The number of benzene rings is 1. The molecule has 0 saturated heterocycles. The van der Waals surface area contributed by atoms with Crippen LogP contribution >= 0.6 is 0 Å². The third-order valence-electron chi connectivity index (χ3n) is 4.21. The second-order valence-electron chi connectivity index (χ2n) is 5.88. The molecule has 1 aromatic heterocycles. The van der Waals surface area contributed by atoms with Crippen LogP contribution in [0.4, 0.5) is 5.95 Å². The number of amides is 1. The van der Waals surface area contributed by atoms with Crippen LogP contribution in [0.2, 0.25) is 0 Å². The first-order valence-corrected chi connectivity index (χ1v) is 7.90. The van der Waals surface area contributed by atoms with Gasteiger partial charge >= 0.3 is 0 Å². The average molecular weight is 341 g/mol. The fourth-order valence-electron chi connectivity index (χ4n) is 3.01. The summed E-state index contributed by atoms with van der Waals surface area (Å²) in [6.45, 7) is 1.39. The highest BCUT2D eigenvalue weighted by molar-refractivity contribution is 5.98. The highest BCUT2D eigenvalue weighted by Crippen LogP contribution is 2.36. The molecule has 7 nitrogen and oxygen atoms in total. The maximum atomic E-state index is 12.5. The van der Waals surface area contributed by atoms with E-state index in [1.807, 2.05) is 18.2 Å². The fourth-order valence-corrected chi connectivity index (χ4v) is 3.01. The molecule has 25 heavy (non-hydrogen) atoms. The van der Waals surface area contributed by atoms with Crippen molar-refractivity contribution in [3.63, 3.8) is 0 Å². The number of nitrogens with zero attached hydrogens (tertiary/aromatic N) is 2. The van der Waals surface area contributed by atoms with Gasteiger partial charge in [0.05, 0.1) is 25.5 Å². The molecule has 3 rings (SSSR count). The van der Waals surface area contributed by atoms with Crippen molar-refractivity contribution in [2.75, 3.05) is 19.5 Å². The zero-order valence-corrected chi connectivity index (χ0v) is 14.3. The van der Waals surface area contributed by atoms with Crippen molar-refractivity contribution < 1.29 is 19.1 Å². The van der Waals surface area contributed by atoms with Gasteiger partial charge < -0.3 is 9.47 Å². The van der Waals surface area contributed by atoms with Crippen molar-refractivity contribution in [3.8, 4) is 11.5 Å². The smallest absolute Gasteiger partial charge is 0.229 e. The normalized spacial score (nSPS) is 16.1. The number of carbonyl (C=O) groups excluding carboxylic acids is 2. The summed E-state index contributed by atoms with van der Waals surface area (Å²) < 4.78 is 10.6. The van der Waals surface area contributed by atoms with E-state index in [1.165, 1.54) is 13.1 Å². The molecular weight excluding hydrogens is 322 g/mol. The van der Waals surface area contributed by atoms with Crippen LogP contribution < -0.4 is 14.8 Å². The molecule has 1 aromatic carbocycles. The summed E-state index contributed by atoms with van der Waals surface area (Å²) in [7, 11) is 3.16. The lowest BCUT2D eigenvalue weighted by atomic mass is 9.82. The Bertz CT molecular complexity index is 835. The molecule has 2 aromatic rings. The van der Waals surface area contributed by atoms with Gasteiger partial charge in [-0.05, 0) is 30.0 Å². The number of fused-ring (bicyclic) bond motifs is 1. The molecule has 0 saturated carbocycles. The Morgan fingerprint density at radius 2 is 1.96 bits per heavy atom. The number of rotatable bonds is 4. The van der Waals surface area contributed by atoms with Crippen molar-refractivity contribution >= 4 is 17.6 Å². The SMILES string of the molecule is COc1ccc([C@H]2CC(=O)c3cnc(NC(C)=O)nc3C2)cc1OC. The largest absolute Gasteiger partial charge is 0.493 e. The molecule has 1 aliphatic rings. The van der Waals surface area contributed by atoms with Crippen LogP contribution in [0.15, 0.2) is 24.4 Å². The van der Waals surface area contributed by atoms with Gasteiger partial charge in [-0.15, -0.1) is 0 Å². The van der Waals surface area contributed by atoms with Crippen molar-refractivity contribution in [1.82, 2.24) is 9.97 Å². The molecule has 0 aliphatic heterocycles. The zero-order chi connectivity index (χ0) is 18.0. The zero-order valence-electron chi connectivity index (χ0n) is 14.3. The summed E-state index contributed by atoms with van der Waals surface area (Å²) >= 11 is 0. The van der Waals surface area contributed by atoms with Gasteiger partial charge in [0.2, 0.25) is 11.9 Å². The minimum atomic E-state index is -0.251. The number of methoxy groups -OCH3 is 2. The number of hydrogen-bond acceptors (Lipinski definition) is 6. The van der Waals surface area contributed by atoms with Gasteiger partial charge in [-0.2, -0.15) is 0 Å². The Labute approximate surface area is 145 Å². The van der Waals surface area contributed by atoms with Crippen LogP contribution in [0.5, 0.6) is 11.5 Å². The van der Waals surface area contributed by atoms with Gasteiger partial charge in [0.1, 0.15) is 0 Å². The van der Waals surface area contributed by atoms with Crippen LogP contribution in [0.1, 0.15) is 40.9 Å². The quantitative estimate of drug-likeness (QED) is 0.918. The third-order valence-corrected chi connectivity index (χ3v) is 4.21. The van der Waals surface area contributed by atoms with Crippen LogP contribution in [-0.2, 0) is 11.2 Å². The summed E-state index contributed by atoms with van der Waals surface area (Å²) in [5.74, 6) is 1.21. The molecule has 0 radical (unpaired) electrons. The standard InChI is InChI=1S/C18H19N3O4/c1-10(22)20-18-19-9-13-14(21-18)6-12(7-15(13)23)11-4-5-16(24-2)17(8-11)25-3/h4-5,8-9,12H,6-7H2,1-3H3,(H,19,20,21,22)/t12-/m1/s1. The second kappa shape index (κ2) is 6.88. The number of nitrogens with one attached hydrogen (secondary N) is 1. The molecule has 0 bridgehead atoms. The molecule has 1 aliphatic carbocycles. The Kier molecular flexibility index (Phi) is 4.65. The number of ether oxygens (including phenoxy) is 2. The Hall–Kier alpha value is -2.96. The number of ketones is 1. The Morgan fingerprint density at radius 3 is 2.64 bits per heavy atom.